The smallest absolute Gasteiger partial charge is 0.248 e. The van der Waals surface area contributed by atoms with Crippen molar-refractivity contribution in [1.29, 1.82) is 0 Å². The third kappa shape index (κ3) is 7.80. The summed E-state index contributed by atoms with van der Waals surface area (Å²) in [6.07, 6.45) is 12.5. The molecule has 2 aromatic heterocycles. The van der Waals surface area contributed by atoms with Gasteiger partial charge in [0.1, 0.15) is 0 Å². The Balaban J connectivity index is 1.25. The Morgan fingerprint density at radius 2 is 1.86 bits per heavy atom. The fraction of sp³-hybridized carbons (Fsp3) is 0.400. The number of thiophene rings is 1. The van der Waals surface area contributed by atoms with Crippen LogP contribution in [-0.4, -0.2) is 56.9 Å². The van der Waals surface area contributed by atoms with Crippen LogP contribution in [0.2, 0.25) is 0 Å². The average Bonchev–Trinajstić information content (AvgIpc) is 3.47. The number of carbonyl (C=O) groups is 1. The van der Waals surface area contributed by atoms with Crippen molar-refractivity contribution in [2.45, 2.75) is 52.4 Å². The average molecular weight is 616 g/mol. The van der Waals surface area contributed by atoms with Crippen LogP contribution in [0.3, 0.4) is 0 Å². The molecule has 1 aromatic carbocycles. The van der Waals surface area contributed by atoms with E-state index in [0.29, 0.717) is 13.2 Å². The molecule has 3 aromatic rings. The van der Waals surface area contributed by atoms with Crippen molar-refractivity contribution >= 4 is 51.3 Å². The summed E-state index contributed by atoms with van der Waals surface area (Å²) < 4.78 is 13.8. The maximum atomic E-state index is 12.4. The van der Waals surface area contributed by atoms with Crippen LogP contribution in [0.1, 0.15) is 51.5 Å². The highest BCUT2D eigenvalue weighted by molar-refractivity contribution is 7.72. The van der Waals surface area contributed by atoms with Crippen molar-refractivity contribution in [3.05, 3.63) is 80.9 Å². The molecule has 0 aliphatic carbocycles. The predicted molar refractivity (Wildman–Crippen MR) is 182 cm³/mol. The highest BCUT2D eigenvalue weighted by Gasteiger charge is 2.18. The first-order valence-electron chi connectivity index (χ1n) is 15.1. The van der Waals surface area contributed by atoms with Gasteiger partial charge in [0.05, 0.1) is 22.4 Å². The van der Waals surface area contributed by atoms with Gasteiger partial charge in [0.25, 0.3) is 0 Å². The van der Waals surface area contributed by atoms with Crippen LogP contribution in [0.15, 0.2) is 80.2 Å². The third-order valence-electron chi connectivity index (χ3n) is 7.91. The minimum atomic E-state index is 0.0276. The molecule has 8 heteroatoms. The van der Waals surface area contributed by atoms with Gasteiger partial charge in [-0.25, -0.2) is 0 Å². The molecule has 6 nitrogen and oxygen atoms in total. The van der Waals surface area contributed by atoms with Crippen molar-refractivity contribution in [2.75, 3.05) is 45.3 Å². The summed E-state index contributed by atoms with van der Waals surface area (Å²) in [5, 5.41) is 2.15. The van der Waals surface area contributed by atoms with Gasteiger partial charge >= 0.3 is 0 Å². The second-order valence-corrected chi connectivity index (χ2v) is 12.7. The minimum Gasteiger partial charge on any atom is -0.439 e. The van der Waals surface area contributed by atoms with Crippen LogP contribution >= 0.6 is 23.6 Å². The van der Waals surface area contributed by atoms with E-state index in [9.17, 15) is 4.79 Å². The quantitative estimate of drug-likeness (QED) is 0.188. The van der Waals surface area contributed by atoms with Crippen LogP contribution in [0.4, 0.5) is 5.88 Å². The monoisotopic (exact) mass is 615 g/mol. The summed E-state index contributed by atoms with van der Waals surface area (Å²) in [5.41, 5.74) is 8.29. The number of aryl methyl sites for hydroxylation is 1. The Labute approximate surface area is 264 Å². The van der Waals surface area contributed by atoms with Crippen molar-refractivity contribution in [3.8, 4) is 11.1 Å². The molecule has 0 N–H and O–H groups in total. The molecule has 0 atom stereocenters. The lowest BCUT2D eigenvalue weighted by Gasteiger charge is -2.27. The van der Waals surface area contributed by atoms with Gasteiger partial charge in [-0.2, -0.15) is 0 Å². The number of hydrogen-bond acceptors (Lipinski definition) is 7. The number of likely N-dealkylation sites (N-methyl/N-ethyl adjacent to an activating group) is 1. The Bertz CT molecular complexity index is 1630. The molecule has 1 saturated heterocycles. The lowest BCUT2D eigenvalue weighted by Crippen LogP contribution is -2.36. The fourth-order valence-electron chi connectivity index (χ4n) is 5.48. The summed E-state index contributed by atoms with van der Waals surface area (Å²) >= 11 is 7.38. The highest BCUT2D eigenvalue weighted by atomic mass is 32.1. The molecule has 0 unspecified atom stereocenters. The van der Waals surface area contributed by atoms with E-state index in [1.807, 2.05) is 26.0 Å². The molecule has 0 spiro atoms. The van der Waals surface area contributed by atoms with E-state index in [1.54, 1.807) is 30.3 Å². The molecule has 226 valence electrons. The lowest BCUT2D eigenvalue weighted by atomic mass is 10.0. The summed E-state index contributed by atoms with van der Waals surface area (Å²) in [7, 11) is 3.57. The zero-order valence-electron chi connectivity index (χ0n) is 25.7. The number of ether oxygens (including phenoxy) is 1. The molecule has 1 fully saturated rings. The van der Waals surface area contributed by atoms with E-state index in [2.05, 4.69) is 46.7 Å². The van der Waals surface area contributed by atoms with Crippen LogP contribution in [0.5, 0.6) is 0 Å². The number of anilines is 1. The molecular weight excluding hydrogens is 575 g/mol. The maximum Gasteiger partial charge on any atom is 0.248 e. The molecule has 5 rings (SSSR count). The second kappa shape index (κ2) is 14.4. The topological polar surface area (TPSA) is 58.3 Å². The number of allylic oxidation sites excluding steroid dienone is 5. The number of aliphatic imine (C=N–C) groups is 1. The fourth-order valence-corrected chi connectivity index (χ4v) is 6.73. The Morgan fingerprint density at radius 1 is 1.12 bits per heavy atom. The first kappa shape index (κ1) is 31.1. The molecule has 0 radical (unpaired) electrons. The summed E-state index contributed by atoms with van der Waals surface area (Å²) in [5.74, 6) is 0.852. The first-order valence-corrected chi connectivity index (χ1v) is 16.4. The van der Waals surface area contributed by atoms with Gasteiger partial charge in [-0.3, -0.25) is 9.79 Å². The molecule has 0 bridgehead atoms. The van der Waals surface area contributed by atoms with Gasteiger partial charge < -0.3 is 19.0 Å². The first-order chi connectivity index (χ1) is 20.8. The summed E-state index contributed by atoms with van der Waals surface area (Å²) in [6.45, 7) is 6.96. The van der Waals surface area contributed by atoms with E-state index in [0.717, 1.165) is 106 Å². The minimum absolute atomic E-state index is 0.0276. The summed E-state index contributed by atoms with van der Waals surface area (Å²) in [6, 6.07) is 10.8. The van der Waals surface area contributed by atoms with Crippen LogP contribution in [0, 0.1) is 4.51 Å². The molecular formula is C35H41N3O3S2. The Hall–Kier alpha value is -3.33. The molecule has 43 heavy (non-hydrogen) atoms. The standard InChI is InChI=1S/C35H41N3O3S2/c1-24(35(39)37(3)4)21-28-10-6-5-7-11-29(36-25(28)2)12-8-9-26-13-15-27(16-14-26)30-23-43-34-31(42)22-32(41-33(30)34)38-17-19-40-20-18-38/h10-11,13-16,21-23H,5-9,12,17-20H2,1-4H3/b24-21+,28-10-,29-11+,36-25-. The van der Waals surface area contributed by atoms with Crippen molar-refractivity contribution in [2.24, 2.45) is 4.99 Å². The third-order valence-corrected chi connectivity index (χ3v) is 9.36. The zero-order chi connectivity index (χ0) is 30.3. The molecule has 0 saturated carbocycles. The van der Waals surface area contributed by atoms with Gasteiger partial charge in [0, 0.05) is 61.2 Å². The second-order valence-electron chi connectivity index (χ2n) is 11.4. The molecule has 2 aliphatic rings. The van der Waals surface area contributed by atoms with Crippen molar-refractivity contribution in [1.82, 2.24) is 4.90 Å². The maximum absolute atomic E-state index is 12.4. The van der Waals surface area contributed by atoms with Crippen LogP contribution in [-0.2, 0) is 16.0 Å². The molecule has 2 aliphatic heterocycles. The highest BCUT2D eigenvalue weighted by Crippen LogP contribution is 2.37. The number of amides is 1. The van der Waals surface area contributed by atoms with Gasteiger partial charge in [-0.05, 0) is 75.1 Å². The van der Waals surface area contributed by atoms with Crippen molar-refractivity contribution < 1.29 is 13.9 Å². The van der Waals surface area contributed by atoms with Gasteiger partial charge in [-0.15, -0.1) is 11.3 Å². The predicted octanol–water partition coefficient (Wildman–Crippen LogP) is 8.54. The van der Waals surface area contributed by atoms with E-state index in [1.165, 1.54) is 5.56 Å². The van der Waals surface area contributed by atoms with Crippen LogP contribution in [0.25, 0.3) is 21.4 Å². The van der Waals surface area contributed by atoms with E-state index >= 15 is 0 Å². The summed E-state index contributed by atoms with van der Waals surface area (Å²) in [4.78, 5) is 21.2. The van der Waals surface area contributed by atoms with E-state index < -0.39 is 0 Å². The lowest BCUT2D eigenvalue weighted by molar-refractivity contribution is -0.124. The van der Waals surface area contributed by atoms with Gasteiger partial charge in [0.2, 0.25) is 5.91 Å². The van der Waals surface area contributed by atoms with E-state index in [-0.39, 0.29) is 5.91 Å². The SMILES string of the molecule is C/C1=N/C(CCCc2ccc(-c3csc4c(=S)cc(N5CCOCC5)oc34)cc2)=C/CCC/C=C1/C=C(\C)C(=O)N(C)C. The normalized spacial score (nSPS) is 20.2. The van der Waals surface area contributed by atoms with E-state index in [4.69, 9.17) is 26.4 Å². The number of benzene rings is 1. The molecule has 1 amide bonds. The number of nitrogens with zero attached hydrogens (tertiary/aromatic N) is 3. The Kier molecular flexibility index (Phi) is 10.4. The Morgan fingerprint density at radius 3 is 2.60 bits per heavy atom. The number of carbonyl (C=O) groups excluding carboxylic acids is 1. The number of morpholine rings is 1. The van der Waals surface area contributed by atoms with Gasteiger partial charge in [0.15, 0.2) is 11.5 Å². The number of fused-ring (bicyclic) bond motifs is 1. The number of rotatable bonds is 8. The van der Waals surface area contributed by atoms with Crippen molar-refractivity contribution in [3.63, 3.8) is 0 Å². The van der Waals surface area contributed by atoms with Crippen LogP contribution < -0.4 is 4.90 Å². The largest absolute Gasteiger partial charge is 0.439 e. The number of hydrogen-bond donors (Lipinski definition) is 0. The van der Waals surface area contributed by atoms with Gasteiger partial charge in [-0.1, -0.05) is 48.6 Å². The molecule has 4 heterocycles. The zero-order valence-corrected chi connectivity index (χ0v) is 27.3.